The van der Waals surface area contributed by atoms with Gasteiger partial charge in [-0.05, 0) is 0 Å². The van der Waals surface area contributed by atoms with E-state index in [0.717, 1.165) is 0 Å². The minimum atomic E-state index is -5.28. The number of aliphatic hydroxyl groups excluding tert-OH is 6. The van der Waals surface area contributed by atoms with Gasteiger partial charge in [-0.1, -0.05) is 0 Å². The van der Waals surface area contributed by atoms with E-state index < -0.39 is 95.4 Å². The fourth-order valence-corrected chi connectivity index (χ4v) is 3.75. The van der Waals surface area contributed by atoms with Gasteiger partial charge in [-0.15, -0.1) is 0 Å². The summed E-state index contributed by atoms with van der Waals surface area (Å²) in [4.78, 5) is 0. The second-order valence-corrected chi connectivity index (χ2v) is 8.69. The molecule has 8 N–H and O–H groups in total. The Morgan fingerprint density at radius 1 is 0.742 bits per heavy atom. The van der Waals surface area contributed by atoms with Gasteiger partial charge < -0.3 is 44.8 Å². The van der Waals surface area contributed by atoms with Crippen molar-refractivity contribution in [3.63, 3.8) is 0 Å². The molecule has 0 saturated carbocycles. The molecule has 0 aromatic rings. The molecule has 2 saturated heterocycles. The first kappa shape index (κ1) is 26.6. The van der Waals surface area contributed by atoms with Crippen LogP contribution in [-0.2, 0) is 43.4 Å². The van der Waals surface area contributed by atoms with E-state index in [1.54, 1.807) is 0 Å². The molecule has 2 rings (SSSR count). The average Bonchev–Trinajstić information content (AvgIpc) is 2.64. The van der Waals surface area contributed by atoms with Gasteiger partial charge in [-0.3, -0.25) is 9.11 Å². The van der Waals surface area contributed by atoms with Gasteiger partial charge in [-0.2, -0.15) is 16.8 Å². The second-order valence-electron chi connectivity index (χ2n) is 6.55. The van der Waals surface area contributed by atoms with Crippen molar-refractivity contribution in [1.82, 2.24) is 0 Å². The minimum absolute atomic E-state index is 0.796. The predicted molar refractivity (Wildman–Crippen MR) is 89.4 cm³/mol. The van der Waals surface area contributed by atoms with Gasteiger partial charge in [-0.25, -0.2) is 8.37 Å². The van der Waals surface area contributed by atoms with Crippen molar-refractivity contribution in [2.75, 3.05) is 13.2 Å². The lowest BCUT2D eigenvalue weighted by Crippen LogP contribution is -2.65. The highest BCUT2D eigenvalue weighted by Gasteiger charge is 2.52. The SMILES string of the molecule is O=S(=O)(O)OC[C@H]1O[C@H](O[C@H]2C(O)O[C@H](CO)[C@@H](O)[C@@H]2O)[C@@H](O)[C@@H](OS(=O)(=O)O)[C@@H]1O. The van der Waals surface area contributed by atoms with Crippen molar-refractivity contribution < 1.29 is 79.2 Å². The summed E-state index contributed by atoms with van der Waals surface area (Å²) in [5.41, 5.74) is 0. The van der Waals surface area contributed by atoms with Gasteiger partial charge in [0.15, 0.2) is 12.6 Å². The van der Waals surface area contributed by atoms with Crippen LogP contribution >= 0.6 is 0 Å². The van der Waals surface area contributed by atoms with Crippen LogP contribution in [-0.4, -0.2) is 131 Å². The van der Waals surface area contributed by atoms with E-state index in [9.17, 15) is 42.4 Å². The Bertz CT molecular complexity index is 800. The van der Waals surface area contributed by atoms with E-state index in [2.05, 4.69) is 8.37 Å². The zero-order chi connectivity index (χ0) is 23.7. The first-order valence-electron chi connectivity index (χ1n) is 8.39. The van der Waals surface area contributed by atoms with Crippen molar-refractivity contribution in [1.29, 1.82) is 0 Å². The highest BCUT2D eigenvalue weighted by Crippen LogP contribution is 2.30. The monoisotopic (exact) mass is 502 g/mol. The molecule has 0 spiro atoms. The molecule has 0 radical (unpaired) electrons. The summed E-state index contributed by atoms with van der Waals surface area (Å²) in [5, 5.41) is 59.3. The third-order valence-corrected chi connectivity index (χ3v) is 5.29. The van der Waals surface area contributed by atoms with Crippen LogP contribution in [0.2, 0.25) is 0 Å². The van der Waals surface area contributed by atoms with E-state index >= 15 is 0 Å². The normalized spacial score (nSPS) is 42.5. The Morgan fingerprint density at radius 3 is 1.87 bits per heavy atom. The molecule has 2 fully saturated rings. The van der Waals surface area contributed by atoms with Crippen molar-refractivity contribution in [2.24, 2.45) is 0 Å². The van der Waals surface area contributed by atoms with Crippen molar-refractivity contribution >= 4 is 20.8 Å². The lowest BCUT2D eigenvalue weighted by atomic mass is 9.97. The highest BCUT2D eigenvalue weighted by molar-refractivity contribution is 7.81. The van der Waals surface area contributed by atoms with Crippen LogP contribution in [0, 0.1) is 0 Å². The number of ether oxygens (including phenoxy) is 3. The maximum Gasteiger partial charge on any atom is 0.397 e. The molecule has 184 valence electrons. The van der Waals surface area contributed by atoms with Gasteiger partial charge >= 0.3 is 20.8 Å². The summed E-state index contributed by atoms with van der Waals surface area (Å²) in [6.07, 6.45) is -19.6. The number of aliphatic hydroxyl groups is 6. The first-order valence-corrected chi connectivity index (χ1v) is 11.1. The highest BCUT2D eigenvalue weighted by atomic mass is 32.3. The Hall–Kier alpha value is -0.620. The zero-order valence-electron chi connectivity index (χ0n) is 15.3. The van der Waals surface area contributed by atoms with E-state index in [-0.39, 0.29) is 0 Å². The lowest BCUT2D eigenvalue weighted by molar-refractivity contribution is -0.359. The summed E-state index contributed by atoms with van der Waals surface area (Å²) in [7, 11) is -10.3. The summed E-state index contributed by atoms with van der Waals surface area (Å²) >= 11 is 0. The molecule has 2 aliphatic heterocycles. The fraction of sp³-hybridized carbons (Fsp3) is 1.00. The molecule has 31 heavy (non-hydrogen) atoms. The molecule has 0 amide bonds. The summed E-state index contributed by atoms with van der Waals surface area (Å²) < 4.78 is 84.3. The van der Waals surface area contributed by atoms with Gasteiger partial charge in [0.05, 0.1) is 13.2 Å². The molecule has 17 nitrogen and oxygen atoms in total. The molecule has 2 heterocycles. The fourth-order valence-electron chi connectivity index (χ4n) is 2.93. The molecular formula is C12H22O17S2. The van der Waals surface area contributed by atoms with Crippen molar-refractivity contribution in [3.05, 3.63) is 0 Å². The molecule has 0 aromatic carbocycles. The number of rotatable bonds is 8. The van der Waals surface area contributed by atoms with E-state index in [0.29, 0.717) is 0 Å². The average molecular weight is 502 g/mol. The first-order chi connectivity index (χ1) is 14.1. The quantitative estimate of drug-likeness (QED) is 0.143. The van der Waals surface area contributed by atoms with Crippen LogP contribution in [0.3, 0.4) is 0 Å². The molecule has 10 atom stereocenters. The molecule has 0 aliphatic carbocycles. The third kappa shape index (κ3) is 6.93. The molecule has 0 aromatic heterocycles. The number of hydrogen-bond acceptors (Lipinski definition) is 15. The topological polar surface area (TPSA) is 276 Å². The molecule has 0 bridgehead atoms. The molecule has 1 unspecified atom stereocenters. The molecular weight excluding hydrogens is 480 g/mol. The van der Waals surface area contributed by atoms with E-state index in [1.807, 2.05) is 0 Å². The van der Waals surface area contributed by atoms with Gasteiger partial charge in [0.1, 0.15) is 48.8 Å². The maximum atomic E-state index is 11.0. The summed E-state index contributed by atoms with van der Waals surface area (Å²) in [6, 6.07) is 0. The predicted octanol–water partition coefficient (Wildman–Crippen LogP) is -5.74. The van der Waals surface area contributed by atoms with Crippen LogP contribution in [0.15, 0.2) is 0 Å². The van der Waals surface area contributed by atoms with Gasteiger partial charge in [0.25, 0.3) is 0 Å². The van der Waals surface area contributed by atoms with Crippen LogP contribution in [0.5, 0.6) is 0 Å². The van der Waals surface area contributed by atoms with Gasteiger partial charge in [0, 0.05) is 0 Å². The Kier molecular flexibility index (Phi) is 8.68. The van der Waals surface area contributed by atoms with Crippen LogP contribution in [0.4, 0.5) is 0 Å². The third-order valence-electron chi connectivity index (χ3n) is 4.39. The van der Waals surface area contributed by atoms with E-state index in [4.69, 9.17) is 28.4 Å². The molecule has 2 aliphatic rings. The summed E-state index contributed by atoms with van der Waals surface area (Å²) in [6.45, 7) is -1.95. The summed E-state index contributed by atoms with van der Waals surface area (Å²) in [5.74, 6) is 0. The Morgan fingerprint density at radius 2 is 1.35 bits per heavy atom. The Balaban J connectivity index is 2.25. The second kappa shape index (κ2) is 10.1. The number of hydrogen-bond donors (Lipinski definition) is 8. The van der Waals surface area contributed by atoms with Crippen molar-refractivity contribution in [3.8, 4) is 0 Å². The standard InChI is InChI=1S/C12H22O17S2/c13-1-3-5(14)7(16)10(11(18)26-3)28-12-8(17)9(29-31(22,23)24)6(15)4(27-12)2-25-30(19,20)21/h3-18H,1-2H2,(H,19,20,21)(H,22,23,24)/t3-,4-,5-,6-,7+,8+,9+,10-,11?,12-/m1/s1. The zero-order valence-corrected chi connectivity index (χ0v) is 16.9. The minimum Gasteiger partial charge on any atom is -0.394 e. The maximum absolute atomic E-state index is 11.0. The van der Waals surface area contributed by atoms with Crippen LogP contribution in [0.25, 0.3) is 0 Å². The largest absolute Gasteiger partial charge is 0.397 e. The van der Waals surface area contributed by atoms with Crippen LogP contribution in [0.1, 0.15) is 0 Å². The molecule has 19 heteroatoms. The smallest absolute Gasteiger partial charge is 0.394 e. The van der Waals surface area contributed by atoms with Gasteiger partial charge in [0.2, 0.25) is 0 Å². The lowest BCUT2D eigenvalue weighted by Gasteiger charge is -2.45. The van der Waals surface area contributed by atoms with Crippen molar-refractivity contribution in [2.45, 2.75) is 61.4 Å². The van der Waals surface area contributed by atoms with Crippen LogP contribution < -0.4 is 0 Å². The Labute approximate surface area is 175 Å². The van der Waals surface area contributed by atoms with E-state index in [1.165, 1.54) is 0 Å².